The number of non-ortho nitro benzene ring substituents is 2. The fourth-order valence-corrected chi connectivity index (χ4v) is 4.95. The molecule has 0 aromatic heterocycles. The van der Waals surface area contributed by atoms with Crippen LogP contribution in [0.3, 0.4) is 0 Å². The normalized spacial score (nSPS) is 12.7. The smallest absolute Gasteiger partial charge is 0.339 e. The molecule has 0 fully saturated rings. The van der Waals surface area contributed by atoms with Gasteiger partial charge in [0.05, 0.1) is 34.8 Å². The summed E-state index contributed by atoms with van der Waals surface area (Å²) in [5, 5.41) is 31.9. The van der Waals surface area contributed by atoms with E-state index < -0.39 is 15.8 Å². The van der Waals surface area contributed by atoms with Crippen LogP contribution < -0.4 is 4.74 Å². The molecule has 3 aromatic rings. The fourth-order valence-electron chi connectivity index (χ4n) is 4.95. The Morgan fingerprint density at radius 2 is 1.45 bits per heavy atom. The Balaban J connectivity index is 1.61. The molecule has 1 aliphatic carbocycles. The monoisotopic (exact) mass is 600 g/mol. The van der Waals surface area contributed by atoms with E-state index >= 15 is 0 Å². The van der Waals surface area contributed by atoms with E-state index in [-0.39, 0.29) is 34.8 Å². The van der Waals surface area contributed by atoms with Crippen LogP contribution in [0.2, 0.25) is 0 Å². The van der Waals surface area contributed by atoms with E-state index in [1.807, 2.05) is 31.2 Å². The molecule has 11 heteroatoms. The van der Waals surface area contributed by atoms with E-state index in [1.54, 1.807) is 0 Å². The summed E-state index contributed by atoms with van der Waals surface area (Å²) in [6.07, 6.45) is 10.1. The summed E-state index contributed by atoms with van der Waals surface area (Å²) in [6.45, 7) is 4.96. The van der Waals surface area contributed by atoms with Crippen LogP contribution in [-0.4, -0.2) is 41.0 Å². The minimum atomic E-state index is -0.716. The van der Waals surface area contributed by atoms with Crippen molar-refractivity contribution in [1.82, 2.24) is 0 Å². The maximum absolute atomic E-state index is 13.1. The molecule has 0 radical (unpaired) electrons. The third kappa shape index (κ3) is 7.91. The van der Waals surface area contributed by atoms with E-state index in [0.29, 0.717) is 29.7 Å². The molecule has 0 bridgehead atoms. The molecule has 0 saturated heterocycles. The molecule has 1 aliphatic rings. The van der Waals surface area contributed by atoms with Gasteiger partial charge in [0.25, 0.3) is 11.4 Å². The van der Waals surface area contributed by atoms with Crippen molar-refractivity contribution in [2.75, 3.05) is 13.2 Å². The number of carbonyl (C=O) groups is 1. The number of fused-ring (bicyclic) bond motifs is 3. The lowest BCUT2D eigenvalue weighted by Crippen LogP contribution is -2.10. The summed E-state index contributed by atoms with van der Waals surface area (Å²) >= 11 is 0. The minimum Gasteiger partial charge on any atom is -0.494 e. The number of ether oxygens (including phenoxy) is 2. The molecule has 0 saturated carbocycles. The fraction of sp³-hybridized carbons (Fsp3) is 0.364. The molecular weight excluding hydrogens is 564 g/mol. The number of nitro benzene ring substituents is 2. The highest BCUT2D eigenvalue weighted by Gasteiger charge is 2.34. The van der Waals surface area contributed by atoms with Crippen LogP contribution in [0.1, 0.15) is 92.3 Å². The molecule has 230 valence electrons. The van der Waals surface area contributed by atoms with Crippen molar-refractivity contribution in [3.05, 3.63) is 97.1 Å². The van der Waals surface area contributed by atoms with Gasteiger partial charge in [0.2, 0.25) is 0 Å². The Labute approximate surface area is 255 Å². The average molecular weight is 601 g/mol. The van der Waals surface area contributed by atoms with Crippen LogP contribution in [0, 0.1) is 20.2 Å². The highest BCUT2D eigenvalue weighted by molar-refractivity contribution is 6.27. The highest BCUT2D eigenvalue weighted by Crippen LogP contribution is 2.43. The summed E-state index contributed by atoms with van der Waals surface area (Å²) in [7, 11) is 0. The third-order valence-corrected chi connectivity index (χ3v) is 7.29. The number of rotatable bonds is 16. The SMILES string of the molecule is CCCCCCCCOc1ccc(/C=N/N=C2\c3cc([N+](=O)[O-])ccc3-c3c(C(=O)OCCCC)cc([N+](=O)[O-])cc32)cc1. The van der Waals surface area contributed by atoms with Gasteiger partial charge in [-0.25, -0.2) is 4.79 Å². The minimum absolute atomic E-state index is 0.00821. The Morgan fingerprint density at radius 1 is 0.773 bits per heavy atom. The first-order valence-electron chi connectivity index (χ1n) is 15.0. The first-order chi connectivity index (χ1) is 21.3. The molecule has 0 atom stereocenters. The number of benzene rings is 3. The van der Waals surface area contributed by atoms with Crippen LogP contribution >= 0.6 is 0 Å². The molecule has 0 N–H and O–H groups in total. The van der Waals surface area contributed by atoms with Gasteiger partial charge >= 0.3 is 5.97 Å². The molecule has 4 rings (SSSR count). The van der Waals surface area contributed by atoms with Crippen LogP contribution in [0.4, 0.5) is 11.4 Å². The molecule has 0 unspecified atom stereocenters. The summed E-state index contributed by atoms with van der Waals surface area (Å²) in [6, 6.07) is 14.0. The first kappa shape index (κ1) is 32.0. The zero-order chi connectivity index (χ0) is 31.5. The molecule has 0 aliphatic heterocycles. The lowest BCUT2D eigenvalue weighted by molar-refractivity contribution is -0.385. The topological polar surface area (TPSA) is 147 Å². The van der Waals surface area contributed by atoms with Crippen molar-refractivity contribution >= 4 is 29.3 Å². The van der Waals surface area contributed by atoms with Crippen LogP contribution in [0.5, 0.6) is 5.75 Å². The predicted octanol–water partition coefficient (Wildman–Crippen LogP) is 8.05. The van der Waals surface area contributed by atoms with Gasteiger partial charge in [-0.1, -0.05) is 52.4 Å². The molecule has 0 spiro atoms. The number of hydrogen-bond donors (Lipinski definition) is 0. The number of nitrogens with zero attached hydrogens (tertiary/aromatic N) is 4. The summed E-state index contributed by atoms with van der Waals surface area (Å²) in [5.74, 6) is 0.0323. The lowest BCUT2D eigenvalue weighted by atomic mass is 9.98. The lowest BCUT2D eigenvalue weighted by Gasteiger charge is -2.09. The third-order valence-electron chi connectivity index (χ3n) is 7.29. The zero-order valence-corrected chi connectivity index (χ0v) is 25.0. The van der Waals surface area contributed by atoms with Crippen molar-refractivity contribution in [3.63, 3.8) is 0 Å². The van der Waals surface area contributed by atoms with Crippen LogP contribution in [-0.2, 0) is 4.74 Å². The van der Waals surface area contributed by atoms with E-state index in [9.17, 15) is 25.0 Å². The van der Waals surface area contributed by atoms with Gasteiger partial charge in [0.1, 0.15) is 11.5 Å². The summed E-state index contributed by atoms with van der Waals surface area (Å²) in [5.41, 5.74) is 1.84. The summed E-state index contributed by atoms with van der Waals surface area (Å²) in [4.78, 5) is 35.3. The van der Waals surface area contributed by atoms with Crippen LogP contribution in [0.25, 0.3) is 11.1 Å². The molecule has 0 heterocycles. The second kappa shape index (κ2) is 15.5. The Bertz CT molecular complexity index is 1570. The molecule has 11 nitrogen and oxygen atoms in total. The van der Waals surface area contributed by atoms with Gasteiger partial charge in [-0.2, -0.15) is 5.10 Å². The highest BCUT2D eigenvalue weighted by atomic mass is 16.6. The number of carbonyl (C=O) groups excluding carboxylic acids is 1. The number of esters is 1. The quantitative estimate of drug-likeness (QED) is 0.0415. The second-order valence-corrected chi connectivity index (χ2v) is 10.5. The Hall–Kier alpha value is -4.93. The molecule has 44 heavy (non-hydrogen) atoms. The van der Waals surface area contributed by atoms with Crippen LogP contribution in [0.15, 0.2) is 64.8 Å². The molecule has 0 amide bonds. The van der Waals surface area contributed by atoms with Crippen molar-refractivity contribution in [3.8, 4) is 16.9 Å². The van der Waals surface area contributed by atoms with Gasteiger partial charge in [-0.05, 0) is 54.3 Å². The van der Waals surface area contributed by atoms with Crippen molar-refractivity contribution in [1.29, 1.82) is 0 Å². The number of unbranched alkanes of at least 4 members (excludes halogenated alkanes) is 6. The number of nitro groups is 2. The summed E-state index contributed by atoms with van der Waals surface area (Å²) < 4.78 is 11.2. The maximum atomic E-state index is 13.1. The van der Waals surface area contributed by atoms with E-state index in [0.717, 1.165) is 30.6 Å². The largest absolute Gasteiger partial charge is 0.494 e. The van der Waals surface area contributed by atoms with E-state index in [1.165, 1.54) is 62.2 Å². The Morgan fingerprint density at radius 3 is 2.16 bits per heavy atom. The van der Waals surface area contributed by atoms with E-state index in [4.69, 9.17) is 9.47 Å². The van der Waals surface area contributed by atoms with Crippen molar-refractivity contribution in [2.24, 2.45) is 10.2 Å². The van der Waals surface area contributed by atoms with Gasteiger partial charge in [-0.15, -0.1) is 5.10 Å². The van der Waals surface area contributed by atoms with Gasteiger partial charge in [0.15, 0.2) is 0 Å². The molecular formula is C33H36N4O7. The Kier molecular flexibility index (Phi) is 11.3. The second-order valence-electron chi connectivity index (χ2n) is 10.5. The molecule has 3 aromatic carbocycles. The number of hydrogen-bond acceptors (Lipinski definition) is 9. The van der Waals surface area contributed by atoms with Gasteiger partial charge < -0.3 is 9.47 Å². The van der Waals surface area contributed by atoms with Crippen molar-refractivity contribution < 1.29 is 24.1 Å². The predicted molar refractivity (Wildman–Crippen MR) is 169 cm³/mol. The standard InChI is InChI=1S/C33H36N4O7/c1-3-5-7-8-9-10-18-43-26-14-11-23(12-15-26)22-34-35-32-28-19-24(36(39)40)13-16-27(28)31-29(32)20-25(37(41)42)21-30(31)33(38)44-17-6-4-2/h11-16,19-22H,3-10,17-18H2,1-2H3/b34-22+,35-32+. The average Bonchev–Trinajstić information content (AvgIpc) is 3.33. The van der Waals surface area contributed by atoms with Gasteiger partial charge in [-0.3, -0.25) is 20.2 Å². The van der Waals surface area contributed by atoms with E-state index in [2.05, 4.69) is 17.1 Å². The maximum Gasteiger partial charge on any atom is 0.339 e. The van der Waals surface area contributed by atoms with Crippen molar-refractivity contribution in [2.45, 2.75) is 65.2 Å². The zero-order valence-electron chi connectivity index (χ0n) is 25.0. The van der Waals surface area contributed by atoms with Gasteiger partial charge in [0, 0.05) is 41.0 Å². The first-order valence-corrected chi connectivity index (χ1v) is 15.0.